The normalized spacial score (nSPS) is 10.4. The van der Waals surface area contributed by atoms with Crippen LogP contribution in [0.2, 0.25) is 0 Å². The van der Waals surface area contributed by atoms with Gasteiger partial charge in [-0.1, -0.05) is 0 Å². The van der Waals surface area contributed by atoms with Crippen LogP contribution >= 0.6 is 9.47 Å². The zero-order valence-electron chi connectivity index (χ0n) is 7.57. The van der Waals surface area contributed by atoms with E-state index in [9.17, 15) is 4.79 Å². The van der Waals surface area contributed by atoms with E-state index in [1.807, 2.05) is 13.0 Å². The van der Waals surface area contributed by atoms with Crippen LogP contribution in [0.4, 0.5) is 0 Å². The Bertz CT molecular complexity index is 536. The van der Waals surface area contributed by atoms with Crippen molar-refractivity contribution in [2.45, 2.75) is 6.92 Å². The Morgan fingerprint density at radius 3 is 3.00 bits per heavy atom. The van der Waals surface area contributed by atoms with Crippen LogP contribution in [-0.2, 0) is 0 Å². The molecule has 0 bridgehead atoms. The molecule has 0 saturated heterocycles. The van der Waals surface area contributed by atoms with Gasteiger partial charge in [-0.25, -0.2) is 4.98 Å². The second-order valence-electron chi connectivity index (χ2n) is 2.98. The second-order valence-corrected chi connectivity index (χ2v) is 3.22. The van der Waals surface area contributed by atoms with Crippen LogP contribution in [0.15, 0.2) is 23.3 Å². The minimum Gasteiger partial charge on any atom is -0.480 e. The smallest absolute Gasteiger partial charge is 0.258 e. The summed E-state index contributed by atoms with van der Waals surface area (Å²) in [6, 6.07) is 3.51. The molecule has 0 radical (unpaired) electrons. The molecule has 1 heterocycles. The van der Waals surface area contributed by atoms with Crippen molar-refractivity contribution < 1.29 is 4.52 Å². The van der Waals surface area contributed by atoms with Crippen LogP contribution in [0.5, 0.6) is 5.75 Å². The van der Waals surface area contributed by atoms with Crippen molar-refractivity contribution in [1.29, 1.82) is 0 Å². The summed E-state index contributed by atoms with van der Waals surface area (Å²) in [7, 11) is 2.16. The summed E-state index contributed by atoms with van der Waals surface area (Å²) in [5.41, 5.74) is 1.47. The van der Waals surface area contributed by atoms with Crippen molar-refractivity contribution in [2.75, 3.05) is 0 Å². The van der Waals surface area contributed by atoms with E-state index in [1.165, 1.54) is 6.33 Å². The number of aromatic nitrogens is 2. The average molecular weight is 208 g/mol. The molecular weight excluding hydrogens is 199 g/mol. The lowest BCUT2D eigenvalue weighted by molar-refractivity contribution is 0.641. The highest BCUT2D eigenvalue weighted by Crippen LogP contribution is 2.23. The number of hydrogen-bond acceptors (Lipinski definition) is 3. The lowest BCUT2D eigenvalue weighted by Gasteiger charge is -2.04. The van der Waals surface area contributed by atoms with Gasteiger partial charge in [0.1, 0.15) is 5.75 Å². The van der Waals surface area contributed by atoms with Gasteiger partial charge >= 0.3 is 0 Å². The zero-order valence-corrected chi connectivity index (χ0v) is 8.73. The van der Waals surface area contributed by atoms with Crippen LogP contribution < -0.4 is 10.1 Å². The maximum Gasteiger partial charge on any atom is 0.258 e. The van der Waals surface area contributed by atoms with Crippen molar-refractivity contribution in [3.63, 3.8) is 0 Å². The first-order valence-corrected chi connectivity index (χ1v) is 4.54. The summed E-state index contributed by atoms with van der Waals surface area (Å²) in [6.07, 6.45) is 1.39. The van der Waals surface area contributed by atoms with Crippen LogP contribution in [0.3, 0.4) is 0 Å². The SMILES string of the molecule is Cc1cc2nc[nH]c(=O)c2cc1OP. The molecule has 4 nitrogen and oxygen atoms in total. The summed E-state index contributed by atoms with van der Waals surface area (Å²) >= 11 is 0. The van der Waals surface area contributed by atoms with E-state index in [0.29, 0.717) is 16.7 Å². The lowest BCUT2D eigenvalue weighted by Crippen LogP contribution is -2.06. The molecule has 1 atom stereocenters. The van der Waals surface area contributed by atoms with Gasteiger partial charge in [0.25, 0.3) is 5.56 Å². The number of nitrogens with zero attached hydrogens (tertiary/aromatic N) is 1. The molecule has 1 aromatic carbocycles. The summed E-state index contributed by atoms with van der Waals surface area (Å²) in [6.45, 7) is 1.90. The molecule has 5 heteroatoms. The number of fused-ring (bicyclic) bond motifs is 1. The van der Waals surface area contributed by atoms with E-state index in [4.69, 9.17) is 4.52 Å². The fourth-order valence-corrected chi connectivity index (χ4v) is 1.58. The van der Waals surface area contributed by atoms with Crippen molar-refractivity contribution >= 4 is 20.4 Å². The quantitative estimate of drug-likeness (QED) is 0.720. The molecule has 0 saturated carbocycles. The first-order valence-electron chi connectivity index (χ1n) is 4.07. The molecule has 2 aromatic rings. The van der Waals surface area contributed by atoms with Gasteiger partial charge in [-0.15, -0.1) is 0 Å². The fraction of sp³-hybridized carbons (Fsp3) is 0.111. The van der Waals surface area contributed by atoms with Gasteiger partial charge in [0.2, 0.25) is 0 Å². The van der Waals surface area contributed by atoms with Crippen molar-refractivity contribution in [3.05, 3.63) is 34.4 Å². The molecule has 0 aliphatic heterocycles. The maximum atomic E-state index is 11.4. The molecule has 0 amide bonds. The summed E-state index contributed by atoms with van der Waals surface area (Å²) in [5.74, 6) is 0.668. The van der Waals surface area contributed by atoms with Crippen LogP contribution in [-0.4, -0.2) is 9.97 Å². The Morgan fingerprint density at radius 2 is 2.29 bits per heavy atom. The lowest BCUT2D eigenvalue weighted by atomic mass is 10.1. The first kappa shape index (κ1) is 9.16. The molecule has 72 valence electrons. The molecule has 2 rings (SSSR count). The minimum absolute atomic E-state index is 0.154. The van der Waals surface area contributed by atoms with Crippen molar-refractivity contribution in [2.24, 2.45) is 0 Å². The monoisotopic (exact) mass is 208 g/mol. The highest BCUT2D eigenvalue weighted by molar-refractivity contribution is 7.10. The van der Waals surface area contributed by atoms with Gasteiger partial charge in [-0.3, -0.25) is 4.79 Å². The van der Waals surface area contributed by atoms with Crippen molar-refractivity contribution in [3.8, 4) is 5.75 Å². The van der Waals surface area contributed by atoms with Gasteiger partial charge in [0.15, 0.2) is 0 Å². The van der Waals surface area contributed by atoms with E-state index >= 15 is 0 Å². The van der Waals surface area contributed by atoms with E-state index in [1.54, 1.807) is 6.07 Å². The van der Waals surface area contributed by atoms with E-state index in [0.717, 1.165) is 5.56 Å². The Kier molecular flexibility index (Phi) is 2.22. The molecule has 0 fully saturated rings. The number of aryl methyl sites for hydroxylation is 1. The molecule has 0 spiro atoms. The summed E-state index contributed by atoms with van der Waals surface area (Å²) < 4.78 is 5.04. The van der Waals surface area contributed by atoms with E-state index in [-0.39, 0.29) is 5.56 Å². The number of rotatable bonds is 1. The molecule has 0 aliphatic carbocycles. The Hall–Kier alpha value is -1.41. The topological polar surface area (TPSA) is 55.0 Å². The number of H-pyrrole nitrogens is 1. The van der Waals surface area contributed by atoms with E-state index < -0.39 is 0 Å². The van der Waals surface area contributed by atoms with Crippen LogP contribution in [0.1, 0.15) is 5.56 Å². The van der Waals surface area contributed by atoms with Gasteiger partial charge < -0.3 is 9.51 Å². The third kappa shape index (κ3) is 1.38. The summed E-state index contributed by atoms with van der Waals surface area (Å²) in [4.78, 5) is 18.0. The summed E-state index contributed by atoms with van der Waals surface area (Å²) in [5, 5.41) is 0.538. The van der Waals surface area contributed by atoms with Crippen LogP contribution in [0.25, 0.3) is 10.9 Å². The first-order chi connectivity index (χ1) is 6.72. The second kappa shape index (κ2) is 3.39. The third-order valence-electron chi connectivity index (χ3n) is 2.06. The van der Waals surface area contributed by atoms with Gasteiger partial charge in [0, 0.05) is 0 Å². The predicted octanol–water partition coefficient (Wildman–Crippen LogP) is 1.40. The molecule has 14 heavy (non-hydrogen) atoms. The number of aromatic amines is 1. The highest BCUT2D eigenvalue weighted by atomic mass is 31.0. The van der Waals surface area contributed by atoms with Gasteiger partial charge in [-0.2, -0.15) is 0 Å². The number of hydrogen-bond donors (Lipinski definition) is 1. The highest BCUT2D eigenvalue weighted by Gasteiger charge is 2.04. The standard InChI is InChI=1S/C9H9N2O2P/c1-5-2-7-6(3-8(5)13-14)9(12)11-4-10-7/h2-4H,14H2,1H3,(H,10,11,12). The molecule has 0 aliphatic rings. The predicted molar refractivity (Wildman–Crippen MR) is 57.4 cm³/mol. The minimum atomic E-state index is -0.154. The zero-order chi connectivity index (χ0) is 10.1. The fourth-order valence-electron chi connectivity index (χ4n) is 1.33. The average Bonchev–Trinajstić information content (AvgIpc) is 2.17. The third-order valence-corrected chi connectivity index (χ3v) is 2.32. The molecule has 1 unspecified atom stereocenters. The Labute approximate surface area is 82.6 Å². The van der Waals surface area contributed by atoms with E-state index in [2.05, 4.69) is 19.4 Å². The van der Waals surface area contributed by atoms with Gasteiger partial charge in [0.05, 0.1) is 26.7 Å². The van der Waals surface area contributed by atoms with Gasteiger partial charge in [-0.05, 0) is 24.6 Å². The molecule has 1 aromatic heterocycles. The Balaban J connectivity index is 2.87. The van der Waals surface area contributed by atoms with Crippen molar-refractivity contribution in [1.82, 2.24) is 9.97 Å². The number of benzene rings is 1. The maximum absolute atomic E-state index is 11.4. The number of nitrogens with one attached hydrogen (secondary N) is 1. The largest absolute Gasteiger partial charge is 0.480 e. The Morgan fingerprint density at radius 1 is 1.50 bits per heavy atom. The molecular formula is C9H9N2O2P. The van der Waals surface area contributed by atoms with Crippen LogP contribution in [0, 0.1) is 6.92 Å². The molecule has 1 N–H and O–H groups in total.